The molecule has 0 spiro atoms. The van der Waals surface area contributed by atoms with Gasteiger partial charge in [0.25, 0.3) is 0 Å². The van der Waals surface area contributed by atoms with Crippen LogP contribution in [0.4, 0.5) is 58.0 Å². The number of hydrogen-bond acceptors (Lipinski definition) is 18. The van der Waals surface area contributed by atoms with Crippen molar-refractivity contribution < 1.29 is 22.3 Å². The molecule has 9 aromatic rings. The van der Waals surface area contributed by atoms with Gasteiger partial charge in [0.1, 0.15) is 34.4 Å². The number of nitrogens with two attached hydrogens (primary N) is 1. The van der Waals surface area contributed by atoms with E-state index < -0.39 is 15.3 Å². The number of aryl methyl sites for hydroxylation is 2. The average molecular weight is 1090 g/mol. The molecule has 4 N–H and O–H groups in total. The lowest BCUT2D eigenvalue weighted by atomic mass is 9.92. The smallest absolute Gasteiger partial charge is 0.240 e. The lowest BCUT2D eigenvalue weighted by Crippen LogP contribution is -2.37. The number of anilines is 10. The zero-order valence-corrected chi connectivity index (χ0v) is 47.6. The van der Waals surface area contributed by atoms with Crippen LogP contribution < -0.4 is 31.1 Å². The van der Waals surface area contributed by atoms with E-state index in [4.69, 9.17) is 36.3 Å². The number of nitrogens with one attached hydrogen (secondary N) is 2. The summed E-state index contributed by atoms with van der Waals surface area (Å²) in [6.07, 6.45) is 4.49. The number of imidazole rings is 2. The third kappa shape index (κ3) is 11.8. The maximum Gasteiger partial charge on any atom is 0.240 e. The van der Waals surface area contributed by atoms with Crippen molar-refractivity contribution in [3.63, 3.8) is 0 Å². The fourth-order valence-electron chi connectivity index (χ4n) is 8.28. The van der Waals surface area contributed by atoms with Gasteiger partial charge in [-0.15, -0.1) is 0 Å². The molecule has 6 aromatic heterocycles. The SMILES string of the molecule is CN(c1ccc2c(c1)nc(N(C(=O)C(C)(C)C)c1cc(C(C)(C)C)on1)n2C)c1ccnc(Cl)n1.CNc1c(N(C)c2ccnc(Nc3ccc(CS(C)(=O)=O)cc3)n2)c(-c2cc(C(C)(C)C)on2)cc2c1nc(N)n2C. The summed E-state index contributed by atoms with van der Waals surface area (Å²) in [5.74, 6) is 4.18. The molecule has 0 unspecified atom stereocenters. The molecule has 77 heavy (non-hydrogen) atoms. The second kappa shape index (κ2) is 20.8. The van der Waals surface area contributed by atoms with Crippen molar-refractivity contribution in [2.24, 2.45) is 19.5 Å². The van der Waals surface area contributed by atoms with Gasteiger partial charge in [0.15, 0.2) is 15.7 Å². The molecular formula is C54H65ClN16O5S. The third-order valence-electron chi connectivity index (χ3n) is 12.6. The summed E-state index contributed by atoms with van der Waals surface area (Å²) in [5.41, 5.74) is 13.5. The predicted molar refractivity (Wildman–Crippen MR) is 305 cm³/mol. The van der Waals surface area contributed by atoms with Crippen LogP contribution in [0.25, 0.3) is 33.3 Å². The Hall–Kier alpha value is -8.11. The van der Waals surface area contributed by atoms with Crippen LogP contribution in [-0.4, -0.2) is 91.1 Å². The van der Waals surface area contributed by atoms with E-state index in [9.17, 15) is 13.2 Å². The molecule has 21 nitrogen and oxygen atoms in total. The van der Waals surface area contributed by atoms with Crippen LogP contribution in [0, 0.1) is 5.41 Å². The minimum atomic E-state index is -3.12. The third-order valence-corrected chi connectivity index (χ3v) is 13.7. The minimum absolute atomic E-state index is 0.0186. The van der Waals surface area contributed by atoms with Gasteiger partial charge in [-0.25, -0.2) is 38.2 Å². The monoisotopic (exact) mass is 1080 g/mol. The first-order chi connectivity index (χ1) is 36.0. The summed E-state index contributed by atoms with van der Waals surface area (Å²) in [6, 6.07) is 22.4. The second-order valence-corrected chi connectivity index (χ2v) is 24.4. The highest BCUT2D eigenvalue weighted by Crippen LogP contribution is 2.45. The molecule has 9 rings (SSSR count). The Morgan fingerprint density at radius 3 is 1.97 bits per heavy atom. The lowest BCUT2D eigenvalue weighted by molar-refractivity contribution is -0.125. The number of carbonyl (C=O) groups excluding carboxylic acids is 1. The fourth-order valence-corrected chi connectivity index (χ4v) is 9.22. The molecule has 0 atom stereocenters. The number of rotatable bonds is 12. The Balaban J connectivity index is 0.000000207. The maximum atomic E-state index is 13.6. The molecule has 0 bridgehead atoms. The maximum absolute atomic E-state index is 13.6. The summed E-state index contributed by atoms with van der Waals surface area (Å²) >= 11 is 5.97. The van der Waals surface area contributed by atoms with Crippen molar-refractivity contribution in [2.45, 2.75) is 78.9 Å². The van der Waals surface area contributed by atoms with Crippen LogP contribution in [0.3, 0.4) is 0 Å². The molecule has 0 saturated carbocycles. The van der Waals surface area contributed by atoms with E-state index in [1.807, 2.05) is 132 Å². The molecule has 23 heteroatoms. The molecule has 6 heterocycles. The van der Waals surface area contributed by atoms with E-state index in [0.29, 0.717) is 57.8 Å². The number of amides is 1. The van der Waals surface area contributed by atoms with Gasteiger partial charge in [-0.1, -0.05) is 84.8 Å². The number of halogens is 1. The van der Waals surface area contributed by atoms with E-state index >= 15 is 0 Å². The van der Waals surface area contributed by atoms with Crippen LogP contribution >= 0.6 is 11.6 Å². The number of benzene rings is 3. The standard InChI is InChI=1S/C29H35N9O3S.C25H30ClN7O2/c1-29(2,3)22-15-20(36-41-22)19-14-21-24(35-27(30)37(21)5)25(31-4)26(19)38(6)23-12-13-32-28(34-23)33-18-10-8-17(9-11-18)16-42(7,39)40;1-24(2,3)18-14-20(30-35-18)33(21(34)25(4,5)6)23-28-16-13-15(9-10-17(16)32(23)8)31(7)19-11-12-27-22(26)29-19/h8-15,31H,16H2,1-7H3,(H2,30,35)(H,32,33,34);9-14H,1-8H3. The fraction of sp³-hybridized carbons (Fsp3) is 0.352. The Kier molecular flexibility index (Phi) is 14.9. The van der Waals surface area contributed by atoms with Crippen LogP contribution in [0.1, 0.15) is 79.4 Å². The molecule has 0 aliphatic rings. The summed E-state index contributed by atoms with van der Waals surface area (Å²) in [6.45, 7) is 17.9. The van der Waals surface area contributed by atoms with E-state index in [2.05, 4.69) is 61.7 Å². The van der Waals surface area contributed by atoms with E-state index in [0.717, 1.165) is 50.6 Å². The van der Waals surface area contributed by atoms with Gasteiger partial charge in [0.2, 0.25) is 29.0 Å². The molecule has 0 fully saturated rings. The van der Waals surface area contributed by atoms with Crippen molar-refractivity contribution in [3.05, 3.63) is 108 Å². The summed E-state index contributed by atoms with van der Waals surface area (Å²) < 4.78 is 38.3. The zero-order valence-electron chi connectivity index (χ0n) is 46.0. The Morgan fingerprint density at radius 2 is 1.38 bits per heavy atom. The average Bonchev–Trinajstić information content (AvgIpc) is 4.23. The Morgan fingerprint density at radius 1 is 0.740 bits per heavy atom. The van der Waals surface area contributed by atoms with Crippen molar-refractivity contribution >= 4 is 107 Å². The summed E-state index contributed by atoms with van der Waals surface area (Å²) in [7, 11) is 6.27. The van der Waals surface area contributed by atoms with Gasteiger partial charge in [-0.3, -0.25) is 4.79 Å². The first kappa shape index (κ1) is 55.1. The van der Waals surface area contributed by atoms with Crippen molar-refractivity contribution in [3.8, 4) is 11.3 Å². The molecule has 0 aliphatic carbocycles. The topological polar surface area (TPSA) is 250 Å². The van der Waals surface area contributed by atoms with Crippen molar-refractivity contribution in [2.75, 3.05) is 58.5 Å². The number of hydrogen-bond donors (Lipinski definition) is 3. The number of nitrogen functional groups attached to an aromatic ring is 1. The quantitative estimate of drug-likeness (QED) is 0.0962. The highest BCUT2D eigenvalue weighted by atomic mass is 35.5. The first-order valence-corrected chi connectivity index (χ1v) is 27.0. The molecule has 0 radical (unpaired) electrons. The normalized spacial score (nSPS) is 12.2. The van der Waals surface area contributed by atoms with E-state index in [-0.39, 0.29) is 27.8 Å². The molecule has 1 amide bonds. The van der Waals surface area contributed by atoms with Crippen LogP contribution in [0.2, 0.25) is 5.28 Å². The predicted octanol–water partition coefficient (Wildman–Crippen LogP) is 10.8. The number of sulfone groups is 1. The van der Waals surface area contributed by atoms with Crippen LogP contribution in [-0.2, 0) is 45.3 Å². The molecule has 0 aliphatic heterocycles. The minimum Gasteiger partial charge on any atom is -0.385 e. The second-order valence-electron chi connectivity index (χ2n) is 21.9. The number of aromatic nitrogens is 10. The van der Waals surface area contributed by atoms with Gasteiger partial charge in [-0.2, -0.15) is 4.98 Å². The number of carbonyl (C=O) groups is 1. The molecule has 404 valence electrons. The van der Waals surface area contributed by atoms with Gasteiger partial charge in [-0.05, 0) is 65.7 Å². The van der Waals surface area contributed by atoms with Gasteiger partial charge in [0.05, 0.1) is 33.7 Å². The number of fused-ring (bicyclic) bond motifs is 2. The molecule has 0 saturated heterocycles. The Labute approximate surface area is 452 Å². The Bertz CT molecular complexity index is 3750. The van der Waals surface area contributed by atoms with E-state index in [1.165, 1.54) is 11.2 Å². The summed E-state index contributed by atoms with van der Waals surface area (Å²) in [5, 5.41) is 15.4. The van der Waals surface area contributed by atoms with Crippen molar-refractivity contribution in [1.29, 1.82) is 0 Å². The summed E-state index contributed by atoms with van der Waals surface area (Å²) in [4.78, 5) is 45.8. The first-order valence-electron chi connectivity index (χ1n) is 24.6. The van der Waals surface area contributed by atoms with Crippen molar-refractivity contribution in [1.82, 2.24) is 49.4 Å². The zero-order chi connectivity index (χ0) is 56.1. The van der Waals surface area contributed by atoms with Crippen LogP contribution in [0.15, 0.2) is 94.2 Å². The van der Waals surface area contributed by atoms with Crippen LogP contribution in [0.5, 0.6) is 0 Å². The van der Waals surface area contributed by atoms with Gasteiger partial charge < -0.3 is 44.3 Å². The highest BCUT2D eigenvalue weighted by Gasteiger charge is 2.36. The van der Waals surface area contributed by atoms with E-state index in [1.54, 1.807) is 48.8 Å². The lowest BCUT2D eigenvalue weighted by Gasteiger charge is -2.26. The van der Waals surface area contributed by atoms with Gasteiger partial charge >= 0.3 is 0 Å². The van der Waals surface area contributed by atoms with Gasteiger partial charge in [0, 0.05) is 99.2 Å². The highest BCUT2D eigenvalue weighted by molar-refractivity contribution is 7.89. The number of nitrogens with zero attached hydrogens (tertiary/aromatic N) is 13. The molecule has 3 aromatic carbocycles. The molecular weight excluding hydrogens is 1020 g/mol. The largest absolute Gasteiger partial charge is 0.385 e.